The molecule has 0 saturated heterocycles. The van der Waals surface area contributed by atoms with Crippen LogP contribution in [0.5, 0.6) is 0 Å². The van der Waals surface area contributed by atoms with Gasteiger partial charge in [0, 0.05) is 6.42 Å². The maximum Gasteiger partial charge on any atom is 0.211 e. The van der Waals surface area contributed by atoms with E-state index in [0.717, 1.165) is 6.42 Å². The van der Waals surface area contributed by atoms with Crippen molar-refractivity contribution < 1.29 is 9.53 Å². The van der Waals surface area contributed by atoms with E-state index in [2.05, 4.69) is 0 Å². The van der Waals surface area contributed by atoms with Gasteiger partial charge < -0.3 is 4.74 Å². The predicted octanol–water partition coefficient (Wildman–Crippen LogP) is 1.10. The average Bonchev–Trinajstić information content (AvgIpc) is 2.37. The molecular weight excluding hydrogens is 140 g/mol. The summed E-state index contributed by atoms with van der Waals surface area (Å²) in [5.41, 5.74) is 0. The molecule has 1 rings (SSSR count). The lowest BCUT2D eigenvalue weighted by atomic mass is 10.3. The Morgan fingerprint density at radius 1 is 1.89 bits per heavy atom. The average molecular weight is 147 g/mol. The van der Waals surface area contributed by atoms with Gasteiger partial charge in [-0.3, -0.25) is 4.79 Å². The Bertz CT molecular complexity index is 151. The number of hydrogen-bond donors (Lipinski definition) is 0. The summed E-state index contributed by atoms with van der Waals surface area (Å²) in [5.74, 6) is 0.338. The third kappa shape index (κ3) is 1.45. The Balaban J connectivity index is 2.51. The van der Waals surface area contributed by atoms with Crippen molar-refractivity contribution in [3.8, 4) is 0 Å². The summed E-state index contributed by atoms with van der Waals surface area (Å²) in [6, 6.07) is 0. The van der Waals surface area contributed by atoms with E-state index in [1.165, 1.54) is 0 Å². The Kier molecular flexibility index (Phi) is 2.11. The van der Waals surface area contributed by atoms with Gasteiger partial charge in [-0.25, -0.2) is 0 Å². The van der Waals surface area contributed by atoms with Gasteiger partial charge in [0.05, 0.1) is 12.5 Å². The molecule has 0 unspecified atom stereocenters. The van der Waals surface area contributed by atoms with Gasteiger partial charge >= 0.3 is 0 Å². The van der Waals surface area contributed by atoms with E-state index in [1.54, 1.807) is 6.08 Å². The fourth-order valence-electron chi connectivity index (χ4n) is 0.678. The molecule has 0 spiro atoms. The lowest BCUT2D eigenvalue weighted by Gasteiger charge is -1.96. The minimum absolute atomic E-state index is 0.0197. The summed E-state index contributed by atoms with van der Waals surface area (Å²) in [6.45, 7) is 0.623. The highest BCUT2D eigenvalue weighted by molar-refractivity contribution is 6.30. The molecule has 0 aliphatic carbocycles. The van der Waals surface area contributed by atoms with E-state index in [-0.39, 0.29) is 11.7 Å². The van der Waals surface area contributed by atoms with E-state index < -0.39 is 0 Å². The molecule has 0 N–H and O–H groups in total. The first-order valence-corrected chi connectivity index (χ1v) is 3.30. The van der Waals surface area contributed by atoms with E-state index in [9.17, 15) is 4.79 Å². The van der Waals surface area contributed by atoms with Crippen LogP contribution in [-0.2, 0) is 9.53 Å². The van der Waals surface area contributed by atoms with Crippen molar-refractivity contribution in [3.05, 3.63) is 11.8 Å². The van der Waals surface area contributed by atoms with Gasteiger partial charge in [-0.15, -0.1) is 11.6 Å². The van der Waals surface area contributed by atoms with Crippen molar-refractivity contribution in [2.24, 2.45) is 0 Å². The van der Waals surface area contributed by atoms with Crippen molar-refractivity contribution in [1.29, 1.82) is 0 Å². The van der Waals surface area contributed by atoms with E-state index in [0.29, 0.717) is 12.4 Å². The Hall–Kier alpha value is -0.500. The fraction of sp³-hybridized carbons (Fsp3) is 0.500. The molecule has 0 fully saturated rings. The summed E-state index contributed by atoms with van der Waals surface area (Å²) < 4.78 is 4.93. The number of ketones is 1. The summed E-state index contributed by atoms with van der Waals surface area (Å²) in [7, 11) is 0. The molecule has 0 saturated carbocycles. The van der Waals surface area contributed by atoms with Crippen LogP contribution in [0.2, 0.25) is 0 Å². The highest BCUT2D eigenvalue weighted by Crippen LogP contribution is 2.09. The predicted molar refractivity (Wildman–Crippen MR) is 34.4 cm³/mol. The number of halogens is 1. The Labute approximate surface area is 58.4 Å². The molecule has 0 radical (unpaired) electrons. The SMILES string of the molecule is O=C(CCl)C1=CCCO1. The van der Waals surface area contributed by atoms with Gasteiger partial charge in [0.25, 0.3) is 0 Å². The lowest BCUT2D eigenvalue weighted by molar-refractivity contribution is -0.116. The number of alkyl halides is 1. The van der Waals surface area contributed by atoms with Crippen LogP contribution in [0.15, 0.2) is 11.8 Å². The second-order valence-electron chi connectivity index (χ2n) is 1.76. The van der Waals surface area contributed by atoms with Crippen LogP contribution in [0.25, 0.3) is 0 Å². The van der Waals surface area contributed by atoms with Crippen molar-refractivity contribution in [2.45, 2.75) is 6.42 Å². The highest BCUT2D eigenvalue weighted by atomic mass is 35.5. The third-order valence-electron chi connectivity index (χ3n) is 1.10. The zero-order valence-corrected chi connectivity index (χ0v) is 5.65. The molecule has 0 aromatic carbocycles. The first kappa shape index (κ1) is 6.62. The topological polar surface area (TPSA) is 26.3 Å². The third-order valence-corrected chi connectivity index (χ3v) is 1.34. The van der Waals surface area contributed by atoms with Crippen LogP contribution >= 0.6 is 11.6 Å². The minimum atomic E-state index is -0.117. The molecule has 1 aliphatic rings. The molecule has 2 nitrogen and oxygen atoms in total. The number of carbonyl (C=O) groups excluding carboxylic acids is 1. The monoisotopic (exact) mass is 146 g/mol. The maximum absolute atomic E-state index is 10.7. The summed E-state index contributed by atoms with van der Waals surface area (Å²) in [4.78, 5) is 10.7. The normalized spacial score (nSPS) is 16.8. The maximum atomic E-state index is 10.7. The van der Waals surface area contributed by atoms with Gasteiger partial charge in [-0.1, -0.05) is 0 Å². The van der Waals surface area contributed by atoms with Crippen molar-refractivity contribution >= 4 is 17.4 Å². The van der Waals surface area contributed by atoms with Crippen LogP contribution in [0, 0.1) is 0 Å². The van der Waals surface area contributed by atoms with Crippen molar-refractivity contribution in [1.82, 2.24) is 0 Å². The number of hydrogen-bond acceptors (Lipinski definition) is 2. The Morgan fingerprint density at radius 3 is 3.11 bits per heavy atom. The van der Waals surface area contributed by atoms with Crippen LogP contribution < -0.4 is 0 Å². The summed E-state index contributed by atoms with van der Waals surface area (Å²) >= 11 is 5.26. The minimum Gasteiger partial charge on any atom is -0.490 e. The smallest absolute Gasteiger partial charge is 0.211 e. The highest BCUT2D eigenvalue weighted by Gasteiger charge is 2.12. The largest absolute Gasteiger partial charge is 0.490 e. The van der Waals surface area contributed by atoms with E-state index in [1.807, 2.05) is 0 Å². The van der Waals surface area contributed by atoms with Crippen LogP contribution in [-0.4, -0.2) is 18.3 Å². The zero-order chi connectivity index (χ0) is 6.69. The fourth-order valence-corrected chi connectivity index (χ4v) is 0.810. The van der Waals surface area contributed by atoms with E-state index in [4.69, 9.17) is 16.3 Å². The number of Topliss-reactive ketones (excluding diaryl/α,β-unsaturated/α-hetero) is 1. The second kappa shape index (κ2) is 2.87. The number of ether oxygens (including phenoxy) is 1. The van der Waals surface area contributed by atoms with Gasteiger partial charge in [-0.2, -0.15) is 0 Å². The molecule has 0 bridgehead atoms. The van der Waals surface area contributed by atoms with Crippen LogP contribution in [0.1, 0.15) is 6.42 Å². The molecule has 1 aliphatic heterocycles. The van der Waals surface area contributed by atoms with Gasteiger partial charge in [0.1, 0.15) is 0 Å². The first-order valence-electron chi connectivity index (χ1n) is 2.76. The Morgan fingerprint density at radius 2 is 2.67 bits per heavy atom. The summed E-state index contributed by atoms with van der Waals surface area (Å²) in [5, 5.41) is 0. The van der Waals surface area contributed by atoms with Gasteiger partial charge in [-0.05, 0) is 6.08 Å². The molecule has 0 aromatic heterocycles. The molecule has 9 heavy (non-hydrogen) atoms. The molecule has 0 aromatic rings. The lowest BCUT2D eigenvalue weighted by Crippen LogP contribution is -2.03. The van der Waals surface area contributed by atoms with Crippen molar-refractivity contribution in [2.75, 3.05) is 12.5 Å². The second-order valence-corrected chi connectivity index (χ2v) is 2.03. The summed E-state index contributed by atoms with van der Waals surface area (Å²) in [6.07, 6.45) is 2.60. The molecule has 0 atom stereocenters. The van der Waals surface area contributed by atoms with Gasteiger partial charge in [0.15, 0.2) is 5.76 Å². The molecule has 0 amide bonds. The number of rotatable bonds is 2. The molecule has 1 heterocycles. The first-order chi connectivity index (χ1) is 4.34. The molecule has 3 heteroatoms. The molecule has 50 valence electrons. The number of carbonyl (C=O) groups is 1. The molecular formula is C6H7ClO2. The van der Waals surface area contributed by atoms with Crippen molar-refractivity contribution in [3.63, 3.8) is 0 Å². The standard InChI is InChI=1S/C6H7ClO2/c7-4-5(8)6-2-1-3-9-6/h2H,1,3-4H2. The zero-order valence-electron chi connectivity index (χ0n) is 4.89. The van der Waals surface area contributed by atoms with Gasteiger partial charge in [0.2, 0.25) is 5.78 Å². The van der Waals surface area contributed by atoms with Crippen LogP contribution in [0.4, 0.5) is 0 Å². The quantitative estimate of drug-likeness (QED) is 0.546. The number of allylic oxidation sites excluding steroid dienone is 1. The van der Waals surface area contributed by atoms with E-state index >= 15 is 0 Å². The van der Waals surface area contributed by atoms with Crippen LogP contribution in [0.3, 0.4) is 0 Å².